The summed E-state index contributed by atoms with van der Waals surface area (Å²) in [6.45, 7) is 0.159. The fraction of sp³-hybridized carbons (Fsp3) is 0.125. The first-order chi connectivity index (χ1) is 6.36. The van der Waals surface area contributed by atoms with Crippen molar-refractivity contribution in [3.05, 3.63) is 36.0 Å². The van der Waals surface area contributed by atoms with Crippen molar-refractivity contribution in [2.24, 2.45) is 0 Å². The van der Waals surface area contributed by atoms with Gasteiger partial charge in [0, 0.05) is 6.20 Å². The lowest BCUT2D eigenvalue weighted by molar-refractivity contribution is -0.222. The van der Waals surface area contributed by atoms with Gasteiger partial charge in [0.1, 0.15) is 5.69 Å². The molecule has 0 atom stereocenters. The van der Waals surface area contributed by atoms with Crippen molar-refractivity contribution in [1.29, 1.82) is 0 Å². The standard InChI is InChI=1S/C8H7NO4/c10-8(7-2-1-3-9-7)13-6-4-11-12-5-6/h1-4,9H,5H2. The van der Waals surface area contributed by atoms with Crippen LogP contribution >= 0.6 is 0 Å². The van der Waals surface area contributed by atoms with Crippen LogP contribution in [-0.2, 0) is 14.5 Å². The summed E-state index contributed by atoms with van der Waals surface area (Å²) in [4.78, 5) is 22.9. The maximum Gasteiger partial charge on any atom is 0.360 e. The van der Waals surface area contributed by atoms with Crippen LogP contribution in [0.4, 0.5) is 0 Å². The molecule has 0 saturated carbocycles. The number of H-pyrrole nitrogens is 1. The first kappa shape index (κ1) is 7.88. The van der Waals surface area contributed by atoms with E-state index in [1.807, 2.05) is 0 Å². The molecule has 1 aliphatic heterocycles. The van der Waals surface area contributed by atoms with Crippen molar-refractivity contribution >= 4 is 5.97 Å². The van der Waals surface area contributed by atoms with E-state index >= 15 is 0 Å². The fourth-order valence-corrected chi connectivity index (χ4v) is 0.899. The highest BCUT2D eigenvalue weighted by Crippen LogP contribution is 2.09. The fourth-order valence-electron chi connectivity index (χ4n) is 0.899. The SMILES string of the molecule is O=C(OC1=COOC1)c1ccc[nH]1. The van der Waals surface area contributed by atoms with Crippen LogP contribution < -0.4 is 0 Å². The highest BCUT2D eigenvalue weighted by Gasteiger charge is 2.15. The zero-order valence-corrected chi connectivity index (χ0v) is 6.65. The summed E-state index contributed by atoms with van der Waals surface area (Å²) in [6.07, 6.45) is 2.90. The Balaban J connectivity index is 1.99. The van der Waals surface area contributed by atoms with Crippen molar-refractivity contribution in [1.82, 2.24) is 4.98 Å². The van der Waals surface area contributed by atoms with E-state index in [1.54, 1.807) is 18.3 Å². The molecule has 2 heterocycles. The van der Waals surface area contributed by atoms with Gasteiger partial charge in [-0.15, -0.1) is 0 Å². The monoisotopic (exact) mass is 181 g/mol. The molecule has 0 amide bonds. The molecule has 1 N–H and O–H groups in total. The van der Waals surface area contributed by atoms with Crippen molar-refractivity contribution in [2.75, 3.05) is 6.61 Å². The Morgan fingerprint density at radius 1 is 1.62 bits per heavy atom. The molecule has 68 valence electrons. The Kier molecular flexibility index (Phi) is 2.01. The largest absolute Gasteiger partial charge is 0.420 e. The molecule has 2 rings (SSSR count). The van der Waals surface area contributed by atoms with Gasteiger partial charge in [-0.1, -0.05) is 0 Å². The van der Waals surface area contributed by atoms with Gasteiger partial charge >= 0.3 is 5.97 Å². The Morgan fingerprint density at radius 3 is 3.15 bits per heavy atom. The van der Waals surface area contributed by atoms with E-state index in [0.29, 0.717) is 11.5 Å². The molecule has 0 saturated heterocycles. The number of carbonyl (C=O) groups excluding carboxylic acids is 1. The number of aromatic nitrogens is 1. The maximum atomic E-state index is 11.3. The highest BCUT2D eigenvalue weighted by atomic mass is 17.2. The molecule has 0 aromatic carbocycles. The van der Waals surface area contributed by atoms with E-state index < -0.39 is 5.97 Å². The second-order valence-corrected chi connectivity index (χ2v) is 2.42. The van der Waals surface area contributed by atoms with E-state index in [0.717, 1.165) is 0 Å². The average molecular weight is 181 g/mol. The molecule has 1 aliphatic rings. The van der Waals surface area contributed by atoms with Gasteiger partial charge in [0.05, 0.1) is 0 Å². The van der Waals surface area contributed by atoms with Gasteiger partial charge in [0.2, 0.25) is 0 Å². The third-order valence-electron chi connectivity index (χ3n) is 1.49. The van der Waals surface area contributed by atoms with Crippen molar-refractivity contribution in [3.8, 4) is 0 Å². The van der Waals surface area contributed by atoms with Crippen LogP contribution in [0.15, 0.2) is 30.4 Å². The third-order valence-corrected chi connectivity index (χ3v) is 1.49. The molecule has 0 unspecified atom stereocenters. The smallest absolute Gasteiger partial charge is 0.360 e. The summed E-state index contributed by atoms with van der Waals surface area (Å²) in [7, 11) is 0. The normalized spacial score (nSPS) is 14.9. The number of hydrogen-bond acceptors (Lipinski definition) is 4. The molecule has 13 heavy (non-hydrogen) atoms. The van der Waals surface area contributed by atoms with Crippen molar-refractivity contribution < 1.29 is 19.3 Å². The number of carbonyl (C=O) groups is 1. The summed E-state index contributed by atoms with van der Waals surface area (Å²) in [5, 5.41) is 0. The summed E-state index contributed by atoms with van der Waals surface area (Å²) in [6, 6.07) is 3.34. The zero-order chi connectivity index (χ0) is 9.10. The van der Waals surface area contributed by atoms with E-state index in [2.05, 4.69) is 14.8 Å². The van der Waals surface area contributed by atoms with Crippen LogP contribution in [0.25, 0.3) is 0 Å². The molecule has 0 radical (unpaired) electrons. The predicted molar refractivity (Wildman–Crippen MR) is 41.3 cm³/mol. The summed E-state index contributed by atoms with van der Waals surface area (Å²) < 4.78 is 4.90. The minimum Gasteiger partial charge on any atom is -0.420 e. The lowest BCUT2D eigenvalue weighted by Gasteiger charge is -1.99. The Morgan fingerprint density at radius 2 is 2.54 bits per heavy atom. The number of rotatable bonds is 2. The molecular formula is C8H7NO4. The number of esters is 1. The minimum atomic E-state index is -0.453. The first-order valence-corrected chi connectivity index (χ1v) is 3.69. The topological polar surface area (TPSA) is 60.6 Å². The lowest BCUT2D eigenvalue weighted by Crippen LogP contribution is -2.06. The van der Waals surface area contributed by atoms with Crippen LogP contribution in [0.5, 0.6) is 0 Å². The van der Waals surface area contributed by atoms with Gasteiger partial charge in [-0.25, -0.2) is 4.79 Å². The number of nitrogens with one attached hydrogen (secondary N) is 1. The maximum absolute atomic E-state index is 11.3. The number of aromatic amines is 1. The van der Waals surface area contributed by atoms with Gasteiger partial charge in [0.25, 0.3) is 0 Å². The number of ether oxygens (including phenoxy) is 1. The summed E-state index contributed by atoms with van der Waals surface area (Å²) in [5.41, 5.74) is 0.396. The third kappa shape index (κ3) is 1.70. The molecule has 0 spiro atoms. The van der Waals surface area contributed by atoms with Crippen LogP contribution in [0.1, 0.15) is 10.5 Å². The second-order valence-electron chi connectivity index (χ2n) is 2.42. The van der Waals surface area contributed by atoms with E-state index in [1.165, 1.54) is 6.26 Å². The molecule has 1 aromatic rings. The Bertz CT molecular complexity index is 328. The first-order valence-electron chi connectivity index (χ1n) is 3.69. The van der Waals surface area contributed by atoms with Crippen molar-refractivity contribution in [3.63, 3.8) is 0 Å². The van der Waals surface area contributed by atoms with E-state index in [-0.39, 0.29) is 6.61 Å². The predicted octanol–water partition coefficient (Wildman–Crippen LogP) is 0.975. The molecular weight excluding hydrogens is 174 g/mol. The highest BCUT2D eigenvalue weighted by molar-refractivity contribution is 5.88. The van der Waals surface area contributed by atoms with Gasteiger partial charge in [-0.05, 0) is 12.1 Å². The van der Waals surface area contributed by atoms with Gasteiger partial charge in [-0.2, -0.15) is 4.89 Å². The van der Waals surface area contributed by atoms with Crippen LogP contribution in [0.3, 0.4) is 0 Å². The molecule has 0 fully saturated rings. The quantitative estimate of drug-likeness (QED) is 0.545. The lowest BCUT2D eigenvalue weighted by atomic mass is 10.4. The average Bonchev–Trinajstić information content (AvgIpc) is 2.74. The van der Waals surface area contributed by atoms with Crippen molar-refractivity contribution in [2.45, 2.75) is 0 Å². The molecule has 0 aliphatic carbocycles. The number of hydrogen-bond donors (Lipinski definition) is 1. The van der Waals surface area contributed by atoms with Crippen LogP contribution in [0.2, 0.25) is 0 Å². The Labute approximate surface area is 73.8 Å². The van der Waals surface area contributed by atoms with Gasteiger partial charge in [0.15, 0.2) is 18.6 Å². The van der Waals surface area contributed by atoms with Gasteiger partial charge in [-0.3, -0.25) is 0 Å². The van der Waals surface area contributed by atoms with Crippen LogP contribution in [0, 0.1) is 0 Å². The molecule has 1 aromatic heterocycles. The zero-order valence-electron chi connectivity index (χ0n) is 6.65. The van der Waals surface area contributed by atoms with Gasteiger partial charge < -0.3 is 14.6 Å². The summed E-state index contributed by atoms with van der Waals surface area (Å²) >= 11 is 0. The Hall–Kier alpha value is -1.75. The van der Waals surface area contributed by atoms with E-state index in [4.69, 9.17) is 4.74 Å². The summed E-state index contributed by atoms with van der Waals surface area (Å²) in [5.74, 6) is -0.0926. The second kappa shape index (κ2) is 3.32. The van der Waals surface area contributed by atoms with Crippen LogP contribution in [-0.4, -0.2) is 17.6 Å². The van der Waals surface area contributed by atoms with E-state index in [9.17, 15) is 4.79 Å². The molecule has 5 nitrogen and oxygen atoms in total. The molecule has 0 bridgehead atoms. The minimum absolute atomic E-state index is 0.159. The molecule has 5 heteroatoms.